The molecule has 1 fully saturated rings. The van der Waals surface area contributed by atoms with E-state index in [1.54, 1.807) is 11.8 Å². The van der Waals surface area contributed by atoms with Crippen LogP contribution in [0.4, 0.5) is 15.0 Å². The van der Waals surface area contributed by atoms with E-state index in [1.807, 2.05) is 0 Å². The first-order valence-electron chi connectivity index (χ1n) is 6.46. The summed E-state index contributed by atoms with van der Waals surface area (Å²) in [6, 6.07) is 0.0427. The molecular formula is C12H16ClFN4O2. The Balaban J connectivity index is 1.88. The van der Waals surface area contributed by atoms with Crippen molar-refractivity contribution in [3.05, 3.63) is 17.3 Å². The van der Waals surface area contributed by atoms with Gasteiger partial charge in [-0.05, 0) is 31.4 Å². The number of halogens is 2. The monoisotopic (exact) mass is 302 g/mol. The fourth-order valence-corrected chi connectivity index (χ4v) is 2.19. The normalized spacial score (nSPS) is 16.1. The van der Waals surface area contributed by atoms with Crippen LogP contribution in [0.25, 0.3) is 0 Å². The summed E-state index contributed by atoms with van der Waals surface area (Å²) < 4.78 is 18.4. The second-order valence-electron chi connectivity index (χ2n) is 4.44. The molecule has 0 spiro atoms. The molecular weight excluding hydrogens is 287 g/mol. The summed E-state index contributed by atoms with van der Waals surface area (Å²) in [4.78, 5) is 20.6. The number of aromatic nitrogens is 2. The van der Waals surface area contributed by atoms with E-state index in [1.165, 1.54) is 0 Å². The van der Waals surface area contributed by atoms with Crippen LogP contribution >= 0.6 is 11.6 Å². The van der Waals surface area contributed by atoms with Crippen LogP contribution in [0.3, 0.4) is 0 Å². The number of nitrogens with zero attached hydrogens (tertiary/aromatic N) is 3. The molecule has 6 nitrogen and oxygen atoms in total. The average Bonchev–Trinajstić information content (AvgIpc) is 2.44. The van der Waals surface area contributed by atoms with Gasteiger partial charge in [0.1, 0.15) is 0 Å². The first-order chi connectivity index (χ1) is 9.60. The van der Waals surface area contributed by atoms with E-state index in [4.69, 9.17) is 16.3 Å². The van der Waals surface area contributed by atoms with Gasteiger partial charge < -0.3 is 15.0 Å². The number of anilines is 1. The molecule has 0 unspecified atom stereocenters. The van der Waals surface area contributed by atoms with Crippen molar-refractivity contribution in [3.63, 3.8) is 0 Å². The summed E-state index contributed by atoms with van der Waals surface area (Å²) in [5.41, 5.74) is 0. The molecule has 1 amide bonds. The number of likely N-dealkylation sites (tertiary alicyclic amines) is 1. The van der Waals surface area contributed by atoms with E-state index in [-0.39, 0.29) is 23.2 Å². The van der Waals surface area contributed by atoms with Gasteiger partial charge in [-0.15, -0.1) is 0 Å². The standard InChI is InChI=1S/C12H16ClFN4O2/c1-2-20-12(19)18-5-3-8(4-6-18)16-10-9(14)7-15-11(13)17-10/h7-8H,2-6H2,1H3,(H,15,16,17). The van der Waals surface area contributed by atoms with Crippen LogP contribution in [-0.4, -0.2) is 46.7 Å². The second kappa shape index (κ2) is 6.69. The molecule has 1 aliphatic heterocycles. The van der Waals surface area contributed by atoms with Gasteiger partial charge in [0.2, 0.25) is 5.28 Å². The lowest BCUT2D eigenvalue weighted by Gasteiger charge is -2.31. The van der Waals surface area contributed by atoms with Gasteiger partial charge in [-0.1, -0.05) is 0 Å². The van der Waals surface area contributed by atoms with Crippen LogP contribution in [0, 0.1) is 5.82 Å². The molecule has 1 aromatic rings. The number of hydrogen-bond donors (Lipinski definition) is 1. The van der Waals surface area contributed by atoms with Gasteiger partial charge >= 0.3 is 6.09 Å². The Kier molecular flexibility index (Phi) is 4.94. The van der Waals surface area contributed by atoms with Crippen molar-refractivity contribution in [2.75, 3.05) is 25.0 Å². The molecule has 1 aromatic heterocycles. The molecule has 110 valence electrons. The number of hydrogen-bond acceptors (Lipinski definition) is 5. The maximum absolute atomic E-state index is 13.5. The van der Waals surface area contributed by atoms with Crippen LogP contribution in [0.2, 0.25) is 5.28 Å². The number of rotatable bonds is 3. The third kappa shape index (κ3) is 3.69. The predicted molar refractivity (Wildman–Crippen MR) is 72.2 cm³/mol. The van der Waals surface area contributed by atoms with Gasteiger partial charge in [0, 0.05) is 19.1 Å². The van der Waals surface area contributed by atoms with E-state index >= 15 is 0 Å². The number of ether oxygens (including phenoxy) is 1. The minimum absolute atomic E-state index is 0.00198. The van der Waals surface area contributed by atoms with Crippen molar-refractivity contribution in [2.45, 2.75) is 25.8 Å². The molecule has 0 bridgehead atoms. The summed E-state index contributed by atoms with van der Waals surface area (Å²) in [5.74, 6) is -0.443. The Hall–Kier alpha value is -1.63. The number of piperidine rings is 1. The SMILES string of the molecule is CCOC(=O)N1CCC(Nc2nc(Cl)ncc2F)CC1. The van der Waals surface area contributed by atoms with E-state index in [9.17, 15) is 9.18 Å². The first-order valence-corrected chi connectivity index (χ1v) is 6.84. The fraction of sp³-hybridized carbons (Fsp3) is 0.583. The van der Waals surface area contributed by atoms with Crippen molar-refractivity contribution in [3.8, 4) is 0 Å². The molecule has 1 N–H and O–H groups in total. The van der Waals surface area contributed by atoms with Crippen LogP contribution < -0.4 is 5.32 Å². The quantitative estimate of drug-likeness (QED) is 0.868. The smallest absolute Gasteiger partial charge is 0.409 e. The minimum atomic E-state index is -0.540. The summed E-state index contributed by atoms with van der Waals surface area (Å²) >= 11 is 5.64. The maximum atomic E-state index is 13.5. The number of carbonyl (C=O) groups is 1. The Morgan fingerprint density at radius 1 is 1.60 bits per heavy atom. The lowest BCUT2D eigenvalue weighted by atomic mass is 10.1. The summed E-state index contributed by atoms with van der Waals surface area (Å²) in [5, 5.41) is 2.99. The fourth-order valence-electron chi connectivity index (χ4n) is 2.06. The van der Waals surface area contributed by atoms with E-state index in [2.05, 4.69) is 15.3 Å². The molecule has 0 radical (unpaired) electrons. The molecule has 1 saturated heterocycles. The van der Waals surface area contributed by atoms with E-state index < -0.39 is 5.82 Å². The Bertz CT molecular complexity index is 481. The Labute approximate surface area is 121 Å². The minimum Gasteiger partial charge on any atom is -0.450 e. The number of nitrogens with one attached hydrogen (secondary N) is 1. The lowest BCUT2D eigenvalue weighted by molar-refractivity contribution is 0.0983. The summed E-state index contributed by atoms with van der Waals surface area (Å²) in [6.45, 7) is 3.27. The zero-order valence-electron chi connectivity index (χ0n) is 11.1. The van der Waals surface area contributed by atoms with E-state index in [0.29, 0.717) is 32.5 Å². The van der Waals surface area contributed by atoms with Crippen molar-refractivity contribution in [1.82, 2.24) is 14.9 Å². The highest BCUT2D eigenvalue weighted by molar-refractivity contribution is 6.28. The predicted octanol–water partition coefficient (Wildman–Crippen LogP) is 2.30. The highest BCUT2D eigenvalue weighted by Gasteiger charge is 2.24. The van der Waals surface area contributed by atoms with Gasteiger partial charge in [0.05, 0.1) is 12.8 Å². The molecule has 2 rings (SSSR count). The van der Waals surface area contributed by atoms with Gasteiger partial charge in [-0.25, -0.2) is 14.2 Å². The molecule has 20 heavy (non-hydrogen) atoms. The van der Waals surface area contributed by atoms with Gasteiger partial charge in [0.15, 0.2) is 11.6 Å². The van der Waals surface area contributed by atoms with Gasteiger partial charge in [-0.3, -0.25) is 0 Å². The second-order valence-corrected chi connectivity index (χ2v) is 4.78. The van der Waals surface area contributed by atoms with Crippen molar-refractivity contribution in [2.24, 2.45) is 0 Å². The third-order valence-electron chi connectivity index (χ3n) is 3.08. The third-order valence-corrected chi connectivity index (χ3v) is 3.26. The molecule has 0 atom stereocenters. The molecule has 8 heteroatoms. The Morgan fingerprint density at radius 2 is 2.30 bits per heavy atom. The summed E-state index contributed by atoms with van der Waals surface area (Å²) in [6.07, 6.45) is 2.12. The summed E-state index contributed by atoms with van der Waals surface area (Å²) in [7, 11) is 0. The van der Waals surface area contributed by atoms with Crippen molar-refractivity contribution in [1.29, 1.82) is 0 Å². The molecule has 0 aromatic carbocycles. The average molecular weight is 303 g/mol. The zero-order chi connectivity index (χ0) is 14.5. The largest absolute Gasteiger partial charge is 0.450 e. The van der Waals surface area contributed by atoms with Crippen molar-refractivity contribution < 1.29 is 13.9 Å². The van der Waals surface area contributed by atoms with Crippen LogP contribution in [0.15, 0.2) is 6.20 Å². The maximum Gasteiger partial charge on any atom is 0.409 e. The zero-order valence-corrected chi connectivity index (χ0v) is 11.9. The lowest BCUT2D eigenvalue weighted by Crippen LogP contribution is -2.42. The highest BCUT2D eigenvalue weighted by atomic mass is 35.5. The van der Waals surface area contributed by atoms with Crippen molar-refractivity contribution >= 4 is 23.5 Å². The topological polar surface area (TPSA) is 67.3 Å². The van der Waals surface area contributed by atoms with E-state index in [0.717, 1.165) is 6.20 Å². The molecule has 0 saturated carbocycles. The molecule has 0 aliphatic carbocycles. The molecule has 1 aliphatic rings. The first kappa shape index (κ1) is 14.8. The van der Waals surface area contributed by atoms with Crippen LogP contribution in [0.1, 0.15) is 19.8 Å². The highest BCUT2D eigenvalue weighted by Crippen LogP contribution is 2.18. The molecule has 2 heterocycles. The number of carbonyl (C=O) groups excluding carboxylic acids is 1. The van der Waals surface area contributed by atoms with Gasteiger partial charge in [-0.2, -0.15) is 4.98 Å². The Morgan fingerprint density at radius 3 is 2.95 bits per heavy atom. The van der Waals surface area contributed by atoms with Crippen LogP contribution in [0.5, 0.6) is 0 Å². The number of amides is 1. The van der Waals surface area contributed by atoms with Crippen LogP contribution in [-0.2, 0) is 4.74 Å². The van der Waals surface area contributed by atoms with Gasteiger partial charge in [0.25, 0.3) is 0 Å².